The Kier molecular flexibility index (Phi) is 5.85. The van der Waals surface area contributed by atoms with E-state index < -0.39 is 0 Å². The highest BCUT2D eigenvalue weighted by Gasteiger charge is 2.20. The largest absolute Gasteiger partial charge is 0.395 e. The molecule has 0 fully saturated rings. The summed E-state index contributed by atoms with van der Waals surface area (Å²) in [4.78, 5) is 10.6. The summed E-state index contributed by atoms with van der Waals surface area (Å²) in [6.45, 7) is 7.03. The van der Waals surface area contributed by atoms with Gasteiger partial charge in [0.1, 0.15) is 18.0 Å². The molecule has 0 aliphatic heterocycles. The van der Waals surface area contributed by atoms with Crippen LogP contribution in [0.5, 0.6) is 0 Å². The number of nitrogen functional groups attached to an aromatic ring is 1. The molecule has 1 heterocycles. The van der Waals surface area contributed by atoms with E-state index in [0.29, 0.717) is 18.4 Å². The van der Waals surface area contributed by atoms with E-state index >= 15 is 0 Å². The lowest BCUT2D eigenvalue weighted by Crippen LogP contribution is -2.38. The average molecular weight is 252 g/mol. The first kappa shape index (κ1) is 14.7. The van der Waals surface area contributed by atoms with Crippen molar-refractivity contribution in [1.29, 1.82) is 0 Å². The molecule has 0 unspecified atom stereocenters. The van der Waals surface area contributed by atoms with Gasteiger partial charge in [-0.25, -0.2) is 9.97 Å². The lowest BCUT2D eigenvalue weighted by molar-refractivity contribution is 0.295. The number of rotatable bonds is 7. The molecule has 1 aromatic rings. The Balaban J connectivity index is 3.16. The zero-order valence-corrected chi connectivity index (χ0v) is 11.6. The fourth-order valence-electron chi connectivity index (χ4n) is 2.30. The minimum Gasteiger partial charge on any atom is -0.395 e. The van der Waals surface area contributed by atoms with E-state index in [1.54, 1.807) is 0 Å². The van der Waals surface area contributed by atoms with Gasteiger partial charge >= 0.3 is 0 Å². The van der Waals surface area contributed by atoms with Gasteiger partial charge in [-0.05, 0) is 19.3 Å². The van der Waals surface area contributed by atoms with Crippen molar-refractivity contribution in [1.82, 2.24) is 9.97 Å². The van der Waals surface area contributed by atoms with Crippen LogP contribution in [0.2, 0.25) is 0 Å². The molecule has 0 atom stereocenters. The van der Waals surface area contributed by atoms with Crippen LogP contribution in [0, 0.1) is 0 Å². The number of nitrogens with zero attached hydrogens (tertiary/aromatic N) is 3. The van der Waals surface area contributed by atoms with E-state index in [-0.39, 0.29) is 6.61 Å². The van der Waals surface area contributed by atoms with Gasteiger partial charge in [0.15, 0.2) is 0 Å². The average Bonchev–Trinajstić information content (AvgIpc) is 2.38. The SMILES string of the molecule is CCc1c(N)ncnc1N(CCO)C(CC)CC. The fourth-order valence-corrected chi connectivity index (χ4v) is 2.30. The van der Waals surface area contributed by atoms with Crippen LogP contribution in [-0.4, -0.2) is 34.3 Å². The van der Waals surface area contributed by atoms with E-state index in [9.17, 15) is 5.11 Å². The molecule has 0 bridgehead atoms. The number of hydrogen-bond donors (Lipinski definition) is 2. The molecule has 3 N–H and O–H groups in total. The number of aromatic nitrogens is 2. The van der Waals surface area contributed by atoms with Crippen LogP contribution in [-0.2, 0) is 6.42 Å². The molecular weight excluding hydrogens is 228 g/mol. The van der Waals surface area contributed by atoms with Gasteiger partial charge in [0.2, 0.25) is 0 Å². The number of nitrogens with two attached hydrogens (primary N) is 1. The topological polar surface area (TPSA) is 75.3 Å². The second-order valence-corrected chi connectivity index (χ2v) is 4.30. The third kappa shape index (κ3) is 3.10. The van der Waals surface area contributed by atoms with Crippen molar-refractivity contribution < 1.29 is 5.11 Å². The van der Waals surface area contributed by atoms with Gasteiger partial charge < -0.3 is 15.7 Å². The quantitative estimate of drug-likeness (QED) is 0.771. The maximum atomic E-state index is 9.25. The first-order valence-corrected chi connectivity index (χ1v) is 6.66. The molecular formula is C13H24N4O. The summed E-state index contributed by atoms with van der Waals surface area (Å²) >= 11 is 0. The van der Waals surface area contributed by atoms with Crippen molar-refractivity contribution in [3.05, 3.63) is 11.9 Å². The standard InChI is InChI=1S/C13H24N4O/c1-4-10(5-2)17(7-8-18)13-11(6-3)12(14)15-9-16-13/h9-10,18H,4-8H2,1-3H3,(H2,14,15,16). The minimum absolute atomic E-state index is 0.115. The molecule has 0 aliphatic carbocycles. The monoisotopic (exact) mass is 252 g/mol. The van der Waals surface area contributed by atoms with Gasteiger partial charge in [-0.1, -0.05) is 20.8 Å². The van der Waals surface area contributed by atoms with Crippen molar-refractivity contribution >= 4 is 11.6 Å². The molecule has 5 heteroatoms. The summed E-state index contributed by atoms with van der Waals surface area (Å²) in [7, 11) is 0. The normalized spacial score (nSPS) is 10.9. The number of aliphatic hydroxyl groups is 1. The molecule has 0 saturated carbocycles. The number of aliphatic hydroxyl groups excluding tert-OH is 1. The second-order valence-electron chi connectivity index (χ2n) is 4.30. The maximum absolute atomic E-state index is 9.25. The molecule has 1 aromatic heterocycles. The summed E-state index contributed by atoms with van der Waals surface area (Å²) in [6.07, 6.45) is 4.33. The second kappa shape index (κ2) is 7.16. The number of anilines is 2. The Bertz CT molecular complexity index is 366. The van der Waals surface area contributed by atoms with E-state index in [2.05, 4.69) is 28.7 Å². The molecule has 5 nitrogen and oxygen atoms in total. The molecule has 102 valence electrons. The Morgan fingerprint density at radius 1 is 1.28 bits per heavy atom. The van der Waals surface area contributed by atoms with E-state index in [4.69, 9.17) is 5.73 Å². The first-order chi connectivity index (χ1) is 8.69. The maximum Gasteiger partial charge on any atom is 0.137 e. The molecule has 0 aliphatic rings. The van der Waals surface area contributed by atoms with Crippen LogP contribution in [0.4, 0.5) is 11.6 Å². The summed E-state index contributed by atoms with van der Waals surface area (Å²) < 4.78 is 0. The number of hydrogen-bond acceptors (Lipinski definition) is 5. The van der Waals surface area contributed by atoms with E-state index in [1.165, 1.54) is 6.33 Å². The molecule has 0 amide bonds. The van der Waals surface area contributed by atoms with Gasteiger partial charge in [-0.2, -0.15) is 0 Å². The first-order valence-electron chi connectivity index (χ1n) is 6.66. The van der Waals surface area contributed by atoms with Crippen molar-refractivity contribution in [3.8, 4) is 0 Å². The zero-order chi connectivity index (χ0) is 13.5. The Hall–Kier alpha value is -1.36. The fraction of sp³-hybridized carbons (Fsp3) is 0.692. The molecule has 18 heavy (non-hydrogen) atoms. The summed E-state index contributed by atoms with van der Waals surface area (Å²) in [5.74, 6) is 1.41. The smallest absolute Gasteiger partial charge is 0.137 e. The molecule has 0 aromatic carbocycles. The Morgan fingerprint density at radius 3 is 2.44 bits per heavy atom. The highest BCUT2D eigenvalue weighted by Crippen LogP contribution is 2.25. The van der Waals surface area contributed by atoms with Crippen LogP contribution < -0.4 is 10.6 Å². The van der Waals surface area contributed by atoms with Gasteiger partial charge in [0.05, 0.1) is 6.61 Å². The Labute approximate surface area is 109 Å². The molecule has 0 saturated heterocycles. The molecule has 1 rings (SSSR count). The summed E-state index contributed by atoms with van der Waals surface area (Å²) in [5, 5.41) is 9.25. The summed E-state index contributed by atoms with van der Waals surface area (Å²) in [6, 6.07) is 0.372. The third-order valence-corrected chi connectivity index (χ3v) is 3.31. The Morgan fingerprint density at radius 2 is 1.94 bits per heavy atom. The van der Waals surface area contributed by atoms with Crippen LogP contribution >= 0.6 is 0 Å². The van der Waals surface area contributed by atoms with E-state index in [1.807, 2.05) is 6.92 Å². The van der Waals surface area contributed by atoms with Crippen molar-refractivity contribution in [2.24, 2.45) is 0 Å². The van der Waals surface area contributed by atoms with E-state index in [0.717, 1.165) is 30.6 Å². The lowest BCUT2D eigenvalue weighted by Gasteiger charge is -2.32. The van der Waals surface area contributed by atoms with Crippen LogP contribution in [0.25, 0.3) is 0 Å². The molecule has 0 spiro atoms. The van der Waals surface area contributed by atoms with Crippen molar-refractivity contribution in [2.45, 2.75) is 46.1 Å². The predicted molar refractivity (Wildman–Crippen MR) is 74.6 cm³/mol. The molecule has 0 radical (unpaired) electrons. The predicted octanol–water partition coefficient (Wildman–Crippen LogP) is 1.61. The van der Waals surface area contributed by atoms with Gasteiger partial charge in [-0.15, -0.1) is 0 Å². The zero-order valence-electron chi connectivity index (χ0n) is 11.6. The minimum atomic E-state index is 0.115. The lowest BCUT2D eigenvalue weighted by atomic mass is 10.1. The van der Waals surface area contributed by atoms with Crippen LogP contribution in [0.15, 0.2) is 6.33 Å². The van der Waals surface area contributed by atoms with Gasteiger partial charge in [-0.3, -0.25) is 0 Å². The van der Waals surface area contributed by atoms with Crippen molar-refractivity contribution in [3.63, 3.8) is 0 Å². The van der Waals surface area contributed by atoms with Crippen LogP contribution in [0.3, 0.4) is 0 Å². The third-order valence-electron chi connectivity index (χ3n) is 3.31. The van der Waals surface area contributed by atoms with Gasteiger partial charge in [0.25, 0.3) is 0 Å². The van der Waals surface area contributed by atoms with Gasteiger partial charge in [0, 0.05) is 18.2 Å². The highest BCUT2D eigenvalue weighted by molar-refractivity contribution is 5.57. The van der Waals surface area contributed by atoms with Crippen molar-refractivity contribution in [2.75, 3.05) is 23.8 Å². The summed E-state index contributed by atoms with van der Waals surface area (Å²) in [5.41, 5.74) is 6.88. The highest BCUT2D eigenvalue weighted by atomic mass is 16.3. The van der Waals surface area contributed by atoms with Crippen LogP contribution in [0.1, 0.15) is 39.2 Å².